The molecule has 2 atom stereocenters. The molecule has 7 nitrogen and oxygen atoms in total. The Morgan fingerprint density at radius 3 is 2.56 bits per heavy atom. The van der Waals surface area contributed by atoms with Gasteiger partial charge in [0.05, 0.1) is 23.1 Å². The summed E-state index contributed by atoms with van der Waals surface area (Å²) in [6, 6.07) is 8.28. The summed E-state index contributed by atoms with van der Waals surface area (Å²) in [4.78, 5) is 26.0. The number of hydrogen-bond donors (Lipinski definition) is 0. The lowest BCUT2D eigenvalue weighted by Gasteiger charge is -2.29. The number of esters is 1. The van der Waals surface area contributed by atoms with E-state index < -0.39 is 27.8 Å². The van der Waals surface area contributed by atoms with Gasteiger partial charge in [0.15, 0.2) is 15.9 Å². The van der Waals surface area contributed by atoms with E-state index >= 15 is 0 Å². The van der Waals surface area contributed by atoms with E-state index in [0.717, 1.165) is 5.56 Å². The van der Waals surface area contributed by atoms with Gasteiger partial charge in [-0.05, 0) is 44.0 Å². The first-order valence-corrected chi connectivity index (χ1v) is 10.5. The van der Waals surface area contributed by atoms with Crippen LogP contribution in [0.3, 0.4) is 0 Å². The van der Waals surface area contributed by atoms with Gasteiger partial charge in [-0.25, -0.2) is 13.2 Å². The van der Waals surface area contributed by atoms with E-state index in [9.17, 15) is 18.0 Å². The van der Waals surface area contributed by atoms with Gasteiger partial charge in [-0.3, -0.25) is 4.79 Å². The van der Waals surface area contributed by atoms with Gasteiger partial charge in [0, 0.05) is 18.7 Å². The summed E-state index contributed by atoms with van der Waals surface area (Å²) in [6.07, 6.45) is 2.14. The topological polar surface area (TPSA) is 105 Å². The predicted octanol–water partition coefficient (Wildman–Crippen LogP) is 1.54. The van der Waals surface area contributed by atoms with Crippen molar-refractivity contribution in [3.05, 3.63) is 41.5 Å². The highest BCUT2D eigenvalue weighted by atomic mass is 32.2. The second-order valence-corrected chi connectivity index (χ2v) is 8.56. The van der Waals surface area contributed by atoms with Crippen molar-refractivity contribution < 1.29 is 22.7 Å². The molecule has 144 valence electrons. The van der Waals surface area contributed by atoms with E-state index in [2.05, 4.69) is 0 Å². The van der Waals surface area contributed by atoms with E-state index in [0.29, 0.717) is 18.5 Å². The van der Waals surface area contributed by atoms with Crippen LogP contribution in [0, 0.1) is 11.3 Å². The molecule has 1 aliphatic heterocycles. The average molecular weight is 390 g/mol. The van der Waals surface area contributed by atoms with Crippen molar-refractivity contribution in [2.75, 3.05) is 18.1 Å². The summed E-state index contributed by atoms with van der Waals surface area (Å²) in [7, 11) is -3.11. The zero-order chi connectivity index (χ0) is 20.0. The Morgan fingerprint density at radius 1 is 1.37 bits per heavy atom. The molecule has 0 aliphatic carbocycles. The molecule has 0 N–H and O–H groups in total. The third kappa shape index (κ3) is 5.66. The number of nitrogens with zero attached hydrogens (tertiary/aromatic N) is 2. The largest absolute Gasteiger partial charge is 0.449 e. The molecule has 1 aliphatic rings. The van der Waals surface area contributed by atoms with E-state index in [-0.39, 0.29) is 17.5 Å². The van der Waals surface area contributed by atoms with Crippen molar-refractivity contribution in [1.82, 2.24) is 4.90 Å². The predicted molar refractivity (Wildman–Crippen MR) is 100 cm³/mol. The minimum atomic E-state index is -3.11. The van der Waals surface area contributed by atoms with Crippen molar-refractivity contribution >= 4 is 27.8 Å². The third-order valence-electron chi connectivity index (χ3n) is 4.37. The fraction of sp³-hybridized carbons (Fsp3) is 0.421. The molecule has 0 bridgehead atoms. The molecule has 8 heteroatoms. The molecule has 27 heavy (non-hydrogen) atoms. The lowest BCUT2D eigenvalue weighted by Crippen LogP contribution is -2.46. The first kappa shape index (κ1) is 20.6. The van der Waals surface area contributed by atoms with Crippen molar-refractivity contribution in [2.24, 2.45) is 0 Å². The fourth-order valence-corrected chi connectivity index (χ4v) is 4.68. The van der Waals surface area contributed by atoms with Gasteiger partial charge in [-0.1, -0.05) is 12.1 Å². The molecule has 1 aromatic rings. The summed E-state index contributed by atoms with van der Waals surface area (Å²) < 4.78 is 28.4. The molecule has 1 saturated heterocycles. The molecule has 0 aromatic heterocycles. The Kier molecular flexibility index (Phi) is 6.75. The van der Waals surface area contributed by atoms with Crippen LogP contribution in [0.25, 0.3) is 6.08 Å². The van der Waals surface area contributed by atoms with Gasteiger partial charge < -0.3 is 9.64 Å². The average Bonchev–Trinajstić information content (AvgIpc) is 3.00. The van der Waals surface area contributed by atoms with Crippen LogP contribution in [-0.2, 0) is 24.2 Å². The molecule has 0 saturated carbocycles. The highest BCUT2D eigenvalue weighted by molar-refractivity contribution is 7.91. The van der Waals surface area contributed by atoms with Crippen LogP contribution in [0.15, 0.2) is 30.3 Å². The van der Waals surface area contributed by atoms with Gasteiger partial charge >= 0.3 is 5.97 Å². The zero-order valence-electron chi connectivity index (χ0n) is 15.3. The molecule has 1 amide bonds. The molecule has 1 fully saturated rings. The van der Waals surface area contributed by atoms with Crippen LogP contribution in [0.4, 0.5) is 0 Å². The van der Waals surface area contributed by atoms with Crippen LogP contribution in [0.2, 0.25) is 0 Å². The Balaban J connectivity index is 1.94. The second-order valence-electron chi connectivity index (χ2n) is 6.33. The summed E-state index contributed by atoms with van der Waals surface area (Å²) in [6.45, 7) is 3.59. The normalized spacial score (nSPS) is 19.4. The van der Waals surface area contributed by atoms with Crippen LogP contribution >= 0.6 is 0 Å². The number of amides is 1. The number of carbonyl (C=O) groups excluding carboxylic acids is 2. The number of hydrogen-bond acceptors (Lipinski definition) is 6. The van der Waals surface area contributed by atoms with Crippen LogP contribution in [0.1, 0.15) is 31.4 Å². The summed E-state index contributed by atoms with van der Waals surface area (Å²) >= 11 is 0. The lowest BCUT2D eigenvalue weighted by atomic mass is 10.1. The number of nitriles is 1. The molecule has 1 aromatic carbocycles. The van der Waals surface area contributed by atoms with Crippen molar-refractivity contribution in [2.45, 2.75) is 32.4 Å². The Labute approximate surface area is 159 Å². The number of carbonyl (C=O) groups is 2. The van der Waals surface area contributed by atoms with Gasteiger partial charge in [-0.2, -0.15) is 5.26 Å². The van der Waals surface area contributed by atoms with E-state index in [1.165, 1.54) is 24.0 Å². The number of rotatable bonds is 6. The van der Waals surface area contributed by atoms with Crippen LogP contribution < -0.4 is 0 Å². The Bertz CT molecular complexity index is 868. The van der Waals surface area contributed by atoms with Gasteiger partial charge in [0.1, 0.15) is 0 Å². The summed E-state index contributed by atoms with van der Waals surface area (Å²) in [5, 5.41) is 8.76. The molecule has 0 radical (unpaired) electrons. The minimum Gasteiger partial charge on any atom is -0.449 e. The molecule has 0 spiro atoms. The first-order valence-electron chi connectivity index (χ1n) is 8.65. The van der Waals surface area contributed by atoms with Crippen LogP contribution in [0.5, 0.6) is 0 Å². The highest BCUT2D eigenvalue weighted by Crippen LogP contribution is 2.19. The van der Waals surface area contributed by atoms with E-state index in [1.807, 2.05) is 6.07 Å². The first-order chi connectivity index (χ1) is 12.8. The molecule has 1 heterocycles. The maximum absolute atomic E-state index is 12.6. The quantitative estimate of drug-likeness (QED) is 0.539. The second kappa shape index (κ2) is 8.82. The number of benzene rings is 1. The number of ether oxygens (including phenoxy) is 1. The van der Waals surface area contributed by atoms with Gasteiger partial charge in [-0.15, -0.1) is 0 Å². The molecular weight excluding hydrogens is 368 g/mol. The van der Waals surface area contributed by atoms with Crippen molar-refractivity contribution in [3.63, 3.8) is 0 Å². The highest BCUT2D eigenvalue weighted by Gasteiger charge is 2.36. The lowest BCUT2D eigenvalue weighted by molar-refractivity contribution is -0.156. The monoisotopic (exact) mass is 390 g/mol. The maximum atomic E-state index is 12.6. The molecular formula is C19H22N2O5S. The third-order valence-corrected chi connectivity index (χ3v) is 6.12. The molecule has 0 unspecified atom stereocenters. The smallest absolute Gasteiger partial charge is 0.331 e. The van der Waals surface area contributed by atoms with E-state index in [1.54, 1.807) is 31.2 Å². The van der Waals surface area contributed by atoms with Crippen molar-refractivity contribution in [3.8, 4) is 6.07 Å². The number of likely N-dealkylation sites (N-methyl/N-ethyl adjacent to an activating group) is 1. The zero-order valence-corrected chi connectivity index (χ0v) is 16.1. The Hall–Kier alpha value is -2.66. The fourth-order valence-electron chi connectivity index (χ4n) is 2.95. The molecule has 2 rings (SSSR count). The summed E-state index contributed by atoms with van der Waals surface area (Å²) in [5.41, 5.74) is 1.24. The van der Waals surface area contributed by atoms with Gasteiger partial charge in [0.2, 0.25) is 0 Å². The van der Waals surface area contributed by atoms with Gasteiger partial charge in [0.25, 0.3) is 5.91 Å². The SMILES string of the molecule is CCN(C(=O)[C@H](C)OC(=O)/C=C/c1ccc(C#N)cc1)[C@@H]1CCS(=O)(=O)C1. The van der Waals surface area contributed by atoms with E-state index in [4.69, 9.17) is 10.00 Å². The summed E-state index contributed by atoms with van der Waals surface area (Å²) in [5.74, 6) is -1.05. The Morgan fingerprint density at radius 2 is 2.04 bits per heavy atom. The van der Waals surface area contributed by atoms with Crippen LogP contribution in [-0.4, -0.2) is 55.4 Å². The standard InChI is InChI=1S/C19H22N2O5S/c1-3-21(17-10-11-27(24,25)13-17)19(23)14(2)26-18(22)9-8-15-4-6-16(12-20)7-5-15/h4-9,14,17H,3,10-11,13H2,1-2H3/b9-8+/t14-,17+/m0/s1. The number of sulfone groups is 1. The minimum absolute atomic E-state index is 0.0498. The maximum Gasteiger partial charge on any atom is 0.331 e. The van der Waals surface area contributed by atoms with Crippen molar-refractivity contribution in [1.29, 1.82) is 5.26 Å².